The number of amides is 2. The second-order valence-corrected chi connectivity index (χ2v) is 8.40. The Morgan fingerprint density at radius 3 is 2.27 bits per heavy atom. The average molecular weight is 452 g/mol. The molecular weight excluding hydrogens is 422 g/mol. The first kappa shape index (κ1) is 25.4. The van der Waals surface area contributed by atoms with Crippen molar-refractivity contribution in [3.63, 3.8) is 0 Å². The first-order valence-corrected chi connectivity index (χ1v) is 10.6. The fourth-order valence-corrected chi connectivity index (χ4v) is 2.83. The summed E-state index contributed by atoms with van der Waals surface area (Å²) in [6.45, 7) is 5.36. The molecule has 0 saturated heterocycles. The number of nitrogens with one attached hydrogen (secondary N) is 2. The Kier molecular flexibility index (Phi) is 9.43. The maximum atomic E-state index is 12.7. The van der Waals surface area contributed by atoms with Crippen molar-refractivity contribution < 1.29 is 23.9 Å². The van der Waals surface area contributed by atoms with Gasteiger partial charge in [0.25, 0.3) is 0 Å². The standard InChI is InChI=1S/C25H29N3O5/c1-25(2,3)33-24(31)28-21(15-18-7-5-4-6-8-18)23(30)27-14-13-22(29)32-17-20-11-9-19(16-26)10-12-20/h4-12,21H,13-15,17H2,1-3H3,(H,27,30)(H,28,31)/t21-/m0/s1. The maximum Gasteiger partial charge on any atom is 0.408 e. The molecule has 0 aromatic heterocycles. The van der Waals surface area contributed by atoms with Crippen molar-refractivity contribution in [1.29, 1.82) is 5.26 Å². The van der Waals surface area contributed by atoms with E-state index in [1.54, 1.807) is 45.0 Å². The summed E-state index contributed by atoms with van der Waals surface area (Å²) >= 11 is 0. The van der Waals surface area contributed by atoms with Crippen LogP contribution < -0.4 is 10.6 Å². The lowest BCUT2D eigenvalue weighted by molar-refractivity contribution is -0.144. The highest BCUT2D eigenvalue weighted by Gasteiger charge is 2.24. The molecule has 33 heavy (non-hydrogen) atoms. The number of ether oxygens (including phenoxy) is 2. The van der Waals surface area contributed by atoms with Crippen LogP contribution in [0.2, 0.25) is 0 Å². The van der Waals surface area contributed by atoms with Crippen LogP contribution in [0, 0.1) is 11.3 Å². The molecule has 2 amide bonds. The Morgan fingerprint density at radius 1 is 1.00 bits per heavy atom. The molecule has 1 atom stereocenters. The molecule has 0 heterocycles. The fourth-order valence-electron chi connectivity index (χ4n) is 2.83. The van der Waals surface area contributed by atoms with Gasteiger partial charge in [-0.15, -0.1) is 0 Å². The minimum Gasteiger partial charge on any atom is -0.461 e. The van der Waals surface area contributed by atoms with Gasteiger partial charge in [-0.1, -0.05) is 42.5 Å². The van der Waals surface area contributed by atoms with Gasteiger partial charge in [-0.25, -0.2) is 4.79 Å². The minimum absolute atomic E-state index is 0.0213. The molecule has 2 N–H and O–H groups in total. The van der Waals surface area contributed by atoms with E-state index in [4.69, 9.17) is 14.7 Å². The number of carbonyl (C=O) groups is 3. The van der Waals surface area contributed by atoms with Crippen molar-refractivity contribution in [3.05, 3.63) is 71.3 Å². The lowest BCUT2D eigenvalue weighted by atomic mass is 10.1. The number of carbonyl (C=O) groups excluding carboxylic acids is 3. The summed E-state index contributed by atoms with van der Waals surface area (Å²) in [7, 11) is 0. The highest BCUT2D eigenvalue weighted by molar-refractivity contribution is 5.86. The van der Waals surface area contributed by atoms with E-state index in [9.17, 15) is 14.4 Å². The molecule has 0 bridgehead atoms. The van der Waals surface area contributed by atoms with Crippen molar-refractivity contribution in [2.24, 2.45) is 0 Å². The summed E-state index contributed by atoms with van der Waals surface area (Å²) in [6.07, 6.45) is -0.443. The molecule has 2 aromatic rings. The summed E-state index contributed by atoms with van der Waals surface area (Å²) in [6, 6.07) is 17.2. The topological polar surface area (TPSA) is 118 Å². The van der Waals surface area contributed by atoms with Gasteiger partial charge in [-0.3, -0.25) is 9.59 Å². The molecule has 0 aliphatic rings. The van der Waals surface area contributed by atoms with E-state index in [0.29, 0.717) is 5.56 Å². The van der Waals surface area contributed by atoms with E-state index in [0.717, 1.165) is 11.1 Å². The minimum atomic E-state index is -0.864. The van der Waals surface area contributed by atoms with Crippen LogP contribution in [0.15, 0.2) is 54.6 Å². The van der Waals surface area contributed by atoms with Crippen LogP contribution in [-0.2, 0) is 32.1 Å². The third-order valence-corrected chi connectivity index (χ3v) is 4.40. The number of rotatable bonds is 9. The number of nitriles is 1. The number of benzene rings is 2. The number of nitrogens with zero attached hydrogens (tertiary/aromatic N) is 1. The van der Waals surface area contributed by atoms with E-state index in [1.807, 2.05) is 36.4 Å². The molecule has 0 saturated carbocycles. The molecule has 0 aliphatic carbocycles. The Bertz CT molecular complexity index is 976. The molecule has 2 aromatic carbocycles. The van der Waals surface area contributed by atoms with Gasteiger partial charge >= 0.3 is 12.1 Å². The number of hydrogen-bond donors (Lipinski definition) is 2. The zero-order valence-electron chi connectivity index (χ0n) is 19.1. The summed E-state index contributed by atoms with van der Waals surface area (Å²) in [5.41, 5.74) is 1.46. The van der Waals surface area contributed by atoms with Crippen molar-refractivity contribution in [2.45, 2.75) is 51.9 Å². The van der Waals surface area contributed by atoms with Crippen LogP contribution in [0.3, 0.4) is 0 Å². The van der Waals surface area contributed by atoms with Crippen LogP contribution >= 0.6 is 0 Å². The SMILES string of the molecule is CC(C)(C)OC(=O)N[C@@H](Cc1ccccc1)C(=O)NCCC(=O)OCc1ccc(C#N)cc1. The summed E-state index contributed by atoms with van der Waals surface area (Å²) in [5.74, 6) is -0.899. The molecule has 0 radical (unpaired) electrons. The number of hydrogen-bond acceptors (Lipinski definition) is 6. The third kappa shape index (κ3) is 9.87. The molecule has 2 rings (SSSR count). The van der Waals surface area contributed by atoms with Crippen LogP contribution in [0.5, 0.6) is 0 Å². The van der Waals surface area contributed by atoms with Crippen molar-refractivity contribution in [2.75, 3.05) is 6.54 Å². The normalized spacial score (nSPS) is 11.6. The fraction of sp³-hybridized carbons (Fsp3) is 0.360. The van der Waals surface area contributed by atoms with Gasteiger partial charge < -0.3 is 20.1 Å². The molecule has 8 nitrogen and oxygen atoms in total. The van der Waals surface area contributed by atoms with E-state index in [2.05, 4.69) is 10.6 Å². The lowest BCUT2D eigenvalue weighted by Crippen LogP contribution is -2.49. The van der Waals surface area contributed by atoms with Gasteiger partial charge in [-0.05, 0) is 44.0 Å². The van der Waals surface area contributed by atoms with Gasteiger partial charge in [0.05, 0.1) is 18.1 Å². The Labute approximate surface area is 193 Å². The quantitative estimate of drug-likeness (QED) is 0.565. The average Bonchev–Trinajstić information content (AvgIpc) is 2.77. The predicted octanol–water partition coefficient (Wildman–Crippen LogP) is 3.24. The second kappa shape index (κ2) is 12.2. The smallest absolute Gasteiger partial charge is 0.408 e. The largest absolute Gasteiger partial charge is 0.461 e. The van der Waals surface area contributed by atoms with E-state index in [1.165, 1.54) is 0 Å². The van der Waals surface area contributed by atoms with Gasteiger partial charge in [0.2, 0.25) is 5.91 Å². The maximum absolute atomic E-state index is 12.7. The Hall–Kier alpha value is -3.86. The van der Waals surface area contributed by atoms with E-state index < -0.39 is 29.6 Å². The second-order valence-electron chi connectivity index (χ2n) is 8.40. The first-order chi connectivity index (χ1) is 15.7. The highest BCUT2D eigenvalue weighted by atomic mass is 16.6. The Morgan fingerprint density at radius 2 is 1.67 bits per heavy atom. The van der Waals surface area contributed by atoms with E-state index in [-0.39, 0.29) is 26.0 Å². The lowest BCUT2D eigenvalue weighted by Gasteiger charge is -2.23. The number of esters is 1. The zero-order chi connectivity index (χ0) is 24.3. The monoisotopic (exact) mass is 451 g/mol. The third-order valence-electron chi connectivity index (χ3n) is 4.40. The van der Waals surface area contributed by atoms with Crippen molar-refractivity contribution >= 4 is 18.0 Å². The zero-order valence-corrected chi connectivity index (χ0v) is 19.1. The van der Waals surface area contributed by atoms with Crippen molar-refractivity contribution in [3.8, 4) is 6.07 Å². The van der Waals surface area contributed by atoms with E-state index >= 15 is 0 Å². The van der Waals surface area contributed by atoms with Crippen LogP contribution in [0.1, 0.15) is 43.9 Å². The van der Waals surface area contributed by atoms with Crippen LogP contribution in [0.25, 0.3) is 0 Å². The molecule has 0 fully saturated rings. The summed E-state index contributed by atoms with van der Waals surface area (Å²) in [4.78, 5) is 36.9. The van der Waals surface area contributed by atoms with Crippen LogP contribution in [0.4, 0.5) is 4.79 Å². The number of alkyl carbamates (subject to hydrolysis) is 1. The van der Waals surface area contributed by atoms with Gasteiger partial charge in [-0.2, -0.15) is 5.26 Å². The molecule has 0 aliphatic heterocycles. The predicted molar refractivity (Wildman–Crippen MR) is 122 cm³/mol. The molecule has 0 unspecified atom stereocenters. The molecule has 8 heteroatoms. The summed E-state index contributed by atoms with van der Waals surface area (Å²) in [5, 5.41) is 14.1. The Balaban J connectivity index is 1.85. The molecule has 0 spiro atoms. The van der Waals surface area contributed by atoms with Gasteiger partial charge in [0.1, 0.15) is 18.2 Å². The molecular formula is C25H29N3O5. The first-order valence-electron chi connectivity index (χ1n) is 10.6. The summed E-state index contributed by atoms with van der Waals surface area (Å²) < 4.78 is 10.5. The van der Waals surface area contributed by atoms with Gasteiger partial charge in [0.15, 0.2) is 0 Å². The van der Waals surface area contributed by atoms with Gasteiger partial charge in [0, 0.05) is 13.0 Å². The van der Waals surface area contributed by atoms with Crippen molar-refractivity contribution in [1.82, 2.24) is 10.6 Å². The van der Waals surface area contributed by atoms with Crippen LogP contribution in [-0.4, -0.2) is 36.2 Å². The molecule has 174 valence electrons. The highest BCUT2D eigenvalue weighted by Crippen LogP contribution is 2.09.